The van der Waals surface area contributed by atoms with Gasteiger partial charge >= 0.3 is 5.97 Å². The highest BCUT2D eigenvalue weighted by atomic mass is 19.1. The fourth-order valence-corrected chi connectivity index (χ4v) is 2.15. The zero-order valence-electron chi connectivity index (χ0n) is 12.2. The van der Waals surface area contributed by atoms with Crippen molar-refractivity contribution in [1.29, 1.82) is 0 Å². The molecule has 2 rings (SSSR count). The van der Waals surface area contributed by atoms with Gasteiger partial charge in [0, 0.05) is 12.2 Å². The highest BCUT2D eigenvalue weighted by Crippen LogP contribution is 2.18. The Balaban J connectivity index is 2.11. The van der Waals surface area contributed by atoms with E-state index in [4.69, 9.17) is 4.74 Å². The summed E-state index contributed by atoms with van der Waals surface area (Å²) in [5, 5.41) is 3.27. The van der Waals surface area contributed by atoms with Crippen molar-refractivity contribution in [2.75, 3.05) is 12.4 Å². The third-order valence-electron chi connectivity index (χ3n) is 3.34. The summed E-state index contributed by atoms with van der Waals surface area (Å²) in [6.45, 7) is 2.42. The Bertz CT molecular complexity index is 640. The molecule has 0 atom stereocenters. The molecule has 0 amide bonds. The molecule has 0 bridgehead atoms. The number of anilines is 1. The van der Waals surface area contributed by atoms with Crippen LogP contribution in [-0.4, -0.2) is 13.1 Å². The third kappa shape index (κ3) is 4.05. The first-order valence-corrected chi connectivity index (χ1v) is 6.74. The molecular formula is C17H18FNO2. The van der Waals surface area contributed by atoms with E-state index in [2.05, 4.69) is 5.32 Å². The van der Waals surface area contributed by atoms with Gasteiger partial charge in [-0.15, -0.1) is 0 Å². The van der Waals surface area contributed by atoms with Crippen molar-refractivity contribution >= 4 is 11.7 Å². The van der Waals surface area contributed by atoms with Crippen LogP contribution in [0.1, 0.15) is 16.7 Å². The second-order valence-electron chi connectivity index (χ2n) is 4.83. The molecule has 0 aromatic heterocycles. The Labute approximate surface area is 123 Å². The van der Waals surface area contributed by atoms with Crippen LogP contribution >= 0.6 is 0 Å². The molecule has 0 unspecified atom stereocenters. The van der Waals surface area contributed by atoms with E-state index in [1.807, 2.05) is 31.2 Å². The smallest absolute Gasteiger partial charge is 0.309 e. The van der Waals surface area contributed by atoms with E-state index in [9.17, 15) is 9.18 Å². The number of aryl methyl sites for hydroxylation is 1. The van der Waals surface area contributed by atoms with Crippen molar-refractivity contribution in [3.63, 3.8) is 0 Å². The summed E-state index contributed by atoms with van der Waals surface area (Å²) >= 11 is 0. The SMILES string of the molecule is COC(=O)Cc1ccccc1CNc1ccc(F)cc1C. The zero-order valence-corrected chi connectivity index (χ0v) is 12.2. The van der Waals surface area contributed by atoms with Crippen molar-refractivity contribution in [3.05, 3.63) is 65.0 Å². The Hall–Kier alpha value is -2.36. The van der Waals surface area contributed by atoms with Gasteiger partial charge in [0.2, 0.25) is 0 Å². The monoisotopic (exact) mass is 287 g/mol. The average molecular weight is 287 g/mol. The fraction of sp³-hybridized carbons (Fsp3) is 0.235. The molecule has 0 saturated carbocycles. The lowest BCUT2D eigenvalue weighted by Crippen LogP contribution is -2.09. The molecule has 3 nitrogen and oxygen atoms in total. The van der Waals surface area contributed by atoms with Crippen LogP contribution in [0.15, 0.2) is 42.5 Å². The highest BCUT2D eigenvalue weighted by Gasteiger charge is 2.08. The number of hydrogen-bond acceptors (Lipinski definition) is 3. The molecular weight excluding hydrogens is 269 g/mol. The average Bonchev–Trinajstić information content (AvgIpc) is 2.47. The molecule has 0 aliphatic heterocycles. The van der Waals surface area contributed by atoms with E-state index in [1.165, 1.54) is 19.2 Å². The number of hydrogen-bond donors (Lipinski definition) is 1. The summed E-state index contributed by atoms with van der Waals surface area (Å²) in [7, 11) is 1.38. The predicted molar refractivity (Wildman–Crippen MR) is 80.6 cm³/mol. The second-order valence-corrected chi connectivity index (χ2v) is 4.83. The van der Waals surface area contributed by atoms with Crippen LogP contribution in [0.4, 0.5) is 10.1 Å². The number of nitrogens with one attached hydrogen (secondary N) is 1. The third-order valence-corrected chi connectivity index (χ3v) is 3.34. The lowest BCUT2D eigenvalue weighted by atomic mass is 10.0. The normalized spacial score (nSPS) is 10.2. The summed E-state index contributed by atoms with van der Waals surface area (Å²) in [4.78, 5) is 11.4. The Morgan fingerprint density at radius 1 is 1.19 bits per heavy atom. The van der Waals surface area contributed by atoms with Gasteiger partial charge in [0.25, 0.3) is 0 Å². The Morgan fingerprint density at radius 3 is 2.57 bits per heavy atom. The van der Waals surface area contributed by atoms with E-state index >= 15 is 0 Å². The minimum Gasteiger partial charge on any atom is -0.469 e. The fourth-order valence-electron chi connectivity index (χ4n) is 2.15. The summed E-state index contributed by atoms with van der Waals surface area (Å²) < 4.78 is 17.8. The first kappa shape index (κ1) is 15.0. The summed E-state index contributed by atoms with van der Waals surface area (Å²) in [6.07, 6.45) is 0.247. The molecule has 0 heterocycles. The molecule has 2 aromatic carbocycles. The van der Waals surface area contributed by atoms with E-state index < -0.39 is 0 Å². The number of halogens is 1. The first-order chi connectivity index (χ1) is 10.1. The molecule has 0 saturated heterocycles. The van der Waals surface area contributed by atoms with Crippen LogP contribution in [0.5, 0.6) is 0 Å². The zero-order chi connectivity index (χ0) is 15.2. The van der Waals surface area contributed by atoms with E-state index in [0.29, 0.717) is 6.54 Å². The maximum Gasteiger partial charge on any atom is 0.309 e. The van der Waals surface area contributed by atoms with Gasteiger partial charge in [0.1, 0.15) is 5.82 Å². The van der Waals surface area contributed by atoms with E-state index in [0.717, 1.165) is 22.4 Å². The predicted octanol–water partition coefficient (Wildman–Crippen LogP) is 3.46. The number of methoxy groups -OCH3 is 1. The molecule has 1 N–H and O–H groups in total. The quantitative estimate of drug-likeness (QED) is 0.856. The topological polar surface area (TPSA) is 38.3 Å². The van der Waals surface area contributed by atoms with E-state index in [-0.39, 0.29) is 18.2 Å². The number of benzene rings is 2. The minimum atomic E-state index is -0.264. The van der Waals surface area contributed by atoms with Crippen molar-refractivity contribution < 1.29 is 13.9 Å². The molecule has 21 heavy (non-hydrogen) atoms. The van der Waals surface area contributed by atoms with Crippen molar-refractivity contribution in [1.82, 2.24) is 0 Å². The molecule has 0 spiro atoms. The lowest BCUT2D eigenvalue weighted by Gasteiger charge is -2.12. The number of rotatable bonds is 5. The van der Waals surface area contributed by atoms with Crippen molar-refractivity contribution in [2.45, 2.75) is 19.9 Å². The van der Waals surface area contributed by atoms with Crippen LogP contribution in [-0.2, 0) is 22.5 Å². The summed E-state index contributed by atoms with van der Waals surface area (Å²) in [5.41, 5.74) is 3.67. The molecule has 4 heteroatoms. The van der Waals surface area contributed by atoms with Crippen LogP contribution in [0, 0.1) is 12.7 Å². The second kappa shape index (κ2) is 6.88. The molecule has 0 radical (unpaired) electrons. The molecule has 2 aromatic rings. The first-order valence-electron chi connectivity index (χ1n) is 6.74. The highest BCUT2D eigenvalue weighted by molar-refractivity contribution is 5.73. The standard InChI is InChI=1S/C17H18FNO2/c1-12-9-15(18)7-8-16(12)19-11-14-6-4-3-5-13(14)10-17(20)21-2/h3-9,19H,10-11H2,1-2H3. The molecule has 0 aliphatic carbocycles. The Kier molecular flexibility index (Phi) is 4.93. The van der Waals surface area contributed by atoms with Gasteiger partial charge in [0.05, 0.1) is 13.5 Å². The summed E-state index contributed by atoms with van der Waals surface area (Å²) in [6, 6.07) is 12.3. The van der Waals surface area contributed by atoms with Gasteiger partial charge in [-0.25, -0.2) is 4.39 Å². The van der Waals surface area contributed by atoms with Crippen LogP contribution in [0.25, 0.3) is 0 Å². The van der Waals surface area contributed by atoms with Crippen molar-refractivity contribution in [2.24, 2.45) is 0 Å². The number of carbonyl (C=O) groups excluding carboxylic acids is 1. The van der Waals surface area contributed by atoms with Gasteiger partial charge < -0.3 is 10.1 Å². The number of esters is 1. The van der Waals surface area contributed by atoms with Gasteiger partial charge in [-0.1, -0.05) is 24.3 Å². The molecule has 0 fully saturated rings. The maximum absolute atomic E-state index is 13.1. The maximum atomic E-state index is 13.1. The van der Waals surface area contributed by atoms with Gasteiger partial charge in [-0.3, -0.25) is 4.79 Å². The van der Waals surface area contributed by atoms with Crippen LogP contribution in [0.2, 0.25) is 0 Å². The molecule has 0 aliphatic rings. The number of carbonyl (C=O) groups is 1. The van der Waals surface area contributed by atoms with Crippen LogP contribution < -0.4 is 5.32 Å². The van der Waals surface area contributed by atoms with Crippen LogP contribution in [0.3, 0.4) is 0 Å². The lowest BCUT2D eigenvalue weighted by molar-refractivity contribution is -0.139. The van der Waals surface area contributed by atoms with E-state index in [1.54, 1.807) is 6.07 Å². The van der Waals surface area contributed by atoms with Gasteiger partial charge in [0.15, 0.2) is 0 Å². The minimum absolute atomic E-state index is 0.246. The molecule has 110 valence electrons. The number of ether oxygens (including phenoxy) is 1. The Morgan fingerprint density at radius 2 is 1.90 bits per heavy atom. The van der Waals surface area contributed by atoms with Gasteiger partial charge in [-0.05, 0) is 41.8 Å². The largest absolute Gasteiger partial charge is 0.469 e. The summed E-state index contributed by atoms with van der Waals surface area (Å²) in [5.74, 6) is -0.510. The van der Waals surface area contributed by atoms with Crippen molar-refractivity contribution in [3.8, 4) is 0 Å². The van der Waals surface area contributed by atoms with Gasteiger partial charge in [-0.2, -0.15) is 0 Å².